The van der Waals surface area contributed by atoms with E-state index in [1.54, 1.807) is 6.33 Å². The van der Waals surface area contributed by atoms with Gasteiger partial charge in [-0.1, -0.05) is 18.2 Å². The van der Waals surface area contributed by atoms with Gasteiger partial charge in [-0.05, 0) is 43.5 Å². The first-order valence-corrected chi connectivity index (χ1v) is 6.25. The Labute approximate surface area is 116 Å². The number of aliphatic imine (C=N–C) groups is 1. The van der Waals surface area contributed by atoms with Gasteiger partial charge >= 0.3 is 0 Å². The number of amides is 1. The first kappa shape index (κ1) is 12.3. The quantitative estimate of drug-likeness (QED) is 0.667. The van der Waals surface area contributed by atoms with Gasteiger partial charge in [-0.15, -0.1) is 0 Å². The zero-order chi connectivity index (χ0) is 14.1. The van der Waals surface area contributed by atoms with E-state index in [-0.39, 0.29) is 5.91 Å². The number of para-hydroxylation sites is 2. The Bertz CT molecular complexity index is 817. The zero-order valence-electron chi connectivity index (χ0n) is 11.1. The third kappa shape index (κ3) is 1.91. The normalized spacial score (nSPS) is 10.7. The minimum Gasteiger partial charge on any atom is -0.299 e. The summed E-state index contributed by atoms with van der Waals surface area (Å²) < 4.78 is 1.95. The van der Waals surface area contributed by atoms with Gasteiger partial charge in [0.25, 0.3) is 5.91 Å². The third-order valence-electron chi connectivity index (χ3n) is 3.33. The van der Waals surface area contributed by atoms with Crippen LogP contribution in [-0.4, -0.2) is 22.2 Å². The standard InChI is InChI=1S/C16H13N3O/c1-11-7-8-12(9-13(11)16(20)17-2)19-10-18-14-5-3-4-6-15(14)19/h3-10H,2H2,1H3. The highest BCUT2D eigenvalue weighted by atomic mass is 16.1. The highest BCUT2D eigenvalue weighted by molar-refractivity contribution is 5.98. The van der Waals surface area contributed by atoms with Gasteiger partial charge in [-0.2, -0.15) is 0 Å². The molecule has 0 saturated carbocycles. The molecule has 3 rings (SSSR count). The summed E-state index contributed by atoms with van der Waals surface area (Å²) >= 11 is 0. The van der Waals surface area contributed by atoms with Gasteiger partial charge in [-0.25, -0.2) is 9.98 Å². The molecule has 1 aromatic heterocycles. The summed E-state index contributed by atoms with van der Waals surface area (Å²) in [5.41, 5.74) is 4.26. The van der Waals surface area contributed by atoms with Crippen molar-refractivity contribution in [3.05, 3.63) is 59.9 Å². The number of carbonyl (C=O) groups excluding carboxylic acids is 1. The molecule has 0 spiro atoms. The van der Waals surface area contributed by atoms with Crippen molar-refractivity contribution in [3.63, 3.8) is 0 Å². The summed E-state index contributed by atoms with van der Waals surface area (Å²) in [6, 6.07) is 13.6. The molecule has 0 radical (unpaired) electrons. The molecule has 0 unspecified atom stereocenters. The molecule has 4 nitrogen and oxygen atoms in total. The Morgan fingerprint density at radius 3 is 2.85 bits per heavy atom. The first-order valence-electron chi connectivity index (χ1n) is 6.25. The molecule has 20 heavy (non-hydrogen) atoms. The van der Waals surface area contributed by atoms with Crippen molar-refractivity contribution in [2.75, 3.05) is 0 Å². The fourth-order valence-corrected chi connectivity index (χ4v) is 2.24. The van der Waals surface area contributed by atoms with Crippen LogP contribution in [0.25, 0.3) is 16.7 Å². The van der Waals surface area contributed by atoms with Crippen LogP contribution in [0.15, 0.2) is 53.8 Å². The summed E-state index contributed by atoms with van der Waals surface area (Å²) in [5, 5.41) is 0. The molecule has 0 saturated heterocycles. The maximum atomic E-state index is 11.8. The van der Waals surface area contributed by atoms with Crippen molar-refractivity contribution >= 4 is 23.7 Å². The van der Waals surface area contributed by atoms with Crippen LogP contribution in [0.2, 0.25) is 0 Å². The van der Waals surface area contributed by atoms with Crippen LogP contribution < -0.4 is 0 Å². The van der Waals surface area contributed by atoms with Gasteiger partial charge in [0.15, 0.2) is 0 Å². The third-order valence-corrected chi connectivity index (χ3v) is 3.33. The predicted molar refractivity (Wildman–Crippen MR) is 79.7 cm³/mol. The van der Waals surface area contributed by atoms with Crippen LogP contribution in [0.1, 0.15) is 15.9 Å². The largest absolute Gasteiger partial charge is 0.299 e. The number of carbonyl (C=O) groups is 1. The number of nitrogens with zero attached hydrogens (tertiary/aromatic N) is 3. The SMILES string of the molecule is C=NC(=O)c1cc(-n2cnc3ccccc32)ccc1C. The first-order chi connectivity index (χ1) is 9.70. The van der Waals surface area contributed by atoms with E-state index in [0.29, 0.717) is 5.56 Å². The van der Waals surface area contributed by atoms with E-state index >= 15 is 0 Å². The Morgan fingerprint density at radius 1 is 1.25 bits per heavy atom. The van der Waals surface area contributed by atoms with Gasteiger partial charge in [-0.3, -0.25) is 9.36 Å². The van der Waals surface area contributed by atoms with Crippen LogP contribution in [0.4, 0.5) is 0 Å². The van der Waals surface area contributed by atoms with Gasteiger partial charge in [0, 0.05) is 11.3 Å². The molecule has 0 atom stereocenters. The molecule has 0 bridgehead atoms. The minimum atomic E-state index is -0.311. The van der Waals surface area contributed by atoms with Crippen LogP contribution in [-0.2, 0) is 0 Å². The lowest BCUT2D eigenvalue weighted by molar-refractivity contribution is 0.100. The van der Waals surface area contributed by atoms with Crippen molar-refractivity contribution in [3.8, 4) is 5.69 Å². The molecule has 3 aromatic rings. The number of aryl methyl sites for hydroxylation is 1. The van der Waals surface area contributed by atoms with Crippen LogP contribution in [0.3, 0.4) is 0 Å². The van der Waals surface area contributed by atoms with Gasteiger partial charge in [0.05, 0.1) is 11.0 Å². The average Bonchev–Trinajstić information content (AvgIpc) is 2.91. The van der Waals surface area contributed by atoms with Crippen molar-refractivity contribution in [1.82, 2.24) is 9.55 Å². The number of imidazole rings is 1. The Balaban J connectivity index is 2.20. The predicted octanol–water partition coefficient (Wildman–Crippen LogP) is 3.17. The Kier molecular flexibility index (Phi) is 2.91. The average molecular weight is 263 g/mol. The van der Waals surface area contributed by atoms with Crippen molar-refractivity contribution < 1.29 is 4.79 Å². The zero-order valence-corrected chi connectivity index (χ0v) is 11.1. The van der Waals surface area contributed by atoms with E-state index in [0.717, 1.165) is 22.3 Å². The molecule has 0 fully saturated rings. The Morgan fingerprint density at radius 2 is 2.05 bits per heavy atom. The lowest BCUT2D eigenvalue weighted by Crippen LogP contribution is -2.01. The fraction of sp³-hybridized carbons (Fsp3) is 0.0625. The summed E-state index contributed by atoms with van der Waals surface area (Å²) in [5.74, 6) is -0.311. The van der Waals surface area contributed by atoms with E-state index in [1.165, 1.54) is 0 Å². The van der Waals surface area contributed by atoms with Crippen molar-refractivity contribution in [1.29, 1.82) is 0 Å². The van der Waals surface area contributed by atoms with E-state index in [4.69, 9.17) is 0 Å². The summed E-state index contributed by atoms with van der Waals surface area (Å²) in [7, 11) is 0. The molecule has 0 aliphatic rings. The molecule has 1 heterocycles. The highest BCUT2D eigenvalue weighted by Gasteiger charge is 2.10. The van der Waals surface area contributed by atoms with Crippen LogP contribution in [0.5, 0.6) is 0 Å². The number of hydrogen-bond donors (Lipinski definition) is 0. The highest BCUT2D eigenvalue weighted by Crippen LogP contribution is 2.20. The molecule has 0 aliphatic heterocycles. The molecule has 2 aromatic carbocycles. The topological polar surface area (TPSA) is 47.2 Å². The number of aromatic nitrogens is 2. The van der Waals surface area contributed by atoms with E-state index < -0.39 is 0 Å². The molecule has 0 N–H and O–H groups in total. The van der Waals surface area contributed by atoms with E-state index in [1.807, 2.05) is 54.0 Å². The molecular weight excluding hydrogens is 250 g/mol. The van der Waals surface area contributed by atoms with Crippen LogP contribution >= 0.6 is 0 Å². The summed E-state index contributed by atoms with van der Waals surface area (Å²) in [4.78, 5) is 19.6. The van der Waals surface area contributed by atoms with Crippen LogP contribution in [0, 0.1) is 6.92 Å². The molecular formula is C16H13N3O. The van der Waals surface area contributed by atoms with Crippen molar-refractivity contribution in [2.45, 2.75) is 6.92 Å². The maximum Gasteiger partial charge on any atom is 0.276 e. The second-order valence-corrected chi connectivity index (χ2v) is 4.57. The summed E-state index contributed by atoms with van der Waals surface area (Å²) in [6.07, 6.45) is 1.75. The van der Waals surface area contributed by atoms with Crippen molar-refractivity contribution in [2.24, 2.45) is 4.99 Å². The number of rotatable bonds is 2. The minimum absolute atomic E-state index is 0.311. The fourth-order valence-electron chi connectivity index (χ4n) is 2.24. The van der Waals surface area contributed by atoms with Gasteiger partial charge in [0.2, 0.25) is 0 Å². The molecule has 98 valence electrons. The number of benzene rings is 2. The maximum absolute atomic E-state index is 11.8. The van der Waals surface area contributed by atoms with E-state index in [9.17, 15) is 4.79 Å². The monoisotopic (exact) mass is 263 g/mol. The Hall–Kier alpha value is -2.75. The summed E-state index contributed by atoms with van der Waals surface area (Å²) in [6.45, 7) is 5.18. The molecule has 4 heteroatoms. The molecule has 0 aliphatic carbocycles. The second kappa shape index (κ2) is 4.74. The van der Waals surface area contributed by atoms with Gasteiger partial charge in [0.1, 0.15) is 6.33 Å². The number of hydrogen-bond acceptors (Lipinski definition) is 2. The smallest absolute Gasteiger partial charge is 0.276 e. The number of fused-ring (bicyclic) bond motifs is 1. The second-order valence-electron chi connectivity index (χ2n) is 4.57. The van der Waals surface area contributed by atoms with Gasteiger partial charge < -0.3 is 0 Å². The van der Waals surface area contributed by atoms with E-state index in [2.05, 4.69) is 16.7 Å². The molecule has 1 amide bonds. The lowest BCUT2D eigenvalue weighted by atomic mass is 10.1. The lowest BCUT2D eigenvalue weighted by Gasteiger charge is -2.08.